The number of nitrogens with one attached hydrogen (secondary N) is 1. The second-order valence-corrected chi connectivity index (χ2v) is 7.03. The molecule has 6 heteroatoms. The highest BCUT2D eigenvalue weighted by atomic mass is 16.5. The zero-order valence-electron chi connectivity index (χ0n) is 14.6. The second-order valence-electron chi connectivity index (χ2n) is 7.03. The molecule has 2 atom stereocenters. The van der Waals surface area contributed by atoms with Crippen LogP contribution in [0.3, 0.4) is 0 Å². The molecule has 1 aliphatic heterocycles. The predicted molar refractivity (Wildman–Crippen MR) is 96.0 cm³/mol. The van der Waals surface area contributed by atoms with E-state index in [9.17, 15) is 9.90 Å². The molecule has 2 aromatic rings. The Morgan fingerprint density at radius 3 is 2.68 bits per heavy atom. The lowest BCUT2D eigenvalue weighted by Crippen LogP contribution is -2.53. The fraction of sp³-hybridized carbons (Fsp3) is 0.526. The maximum atomic E-state index is 12.8. The molecule has 0 bridgehead atoms. The average molecular weight is 343 g/mol. The summed E-state index contributed by atoms with van der Waals surface area (Å²) in [7, 11) is 1.64. The number of nitrogens with zero attached hydrogens (tertiary/aromatic N) is 2. The molecule has 4 rings (SSSR count). The number of piperazine rings is 1. The molecule has 1 amide bonds. The number of hydrogen-bond donors (Lipinski definition) is 2. The zero-order chi connectivity index (χ0) is 17.4. The number of ether oxygens (including phenoxy) is 1. The molecule has 2 fully saturated rings. The van der Waals surface area contributed by atoms with Crippen LogP contribution in [0.25, 0.3) is 10.9 Å². The van der Waals surface area contributed by atoms with Gasteiger partial charge in [0.05, 0.1) is 13.2 Å². The molecule has 134 valence electrons. The number of fused-ring (bicyclic) bond motifs is 1. The zero-order valence-corrected chi connectivity index (χ0v) is 14.6. The van der Waals surface area contributed by atoms with Crippen LogP contribution in [-0.2, 0) is 0 Å². The molecule has 0 spiro atoms. The molecule has 1 aromatic heterocycles. The maximum absolute atomic E-state index is 12.8. The van der Waals surface area contributed by atoms with E-state index in [4.69, 9.17) is 4.74 Å². The van der Waals surface area contributed by atoms with E-state index in [0.29, 0.717) is 18.8 Å². The number of aliphatic hydroxyl groups excluding tert-OH is 1. The Labute approximate surface area is 147 Å². The molecule has 2 aliphatic rings. The number of amides is 1. The lowest BCUT2D eigenvalue weighted by atomic mass is 10.1. The van der Waals surface area contributed by atoms with E-state index in [0.717, 1.165) is 49.0 Å². The van der Waals surface area contributed by atoms with Gasteiger partial charge in [-0.25, -0.2) is 0 Å². The summed E-state index contributed by atoms with van der Waals surface area (Å²) in [5.74, 6) is 0.818. The minimum Gasteiger partial charge on any atom is -0.497 e. The lowest BCUT2D eigenvalue weighted by Gasteiger charge is -2.38. The third-order valence-corrected chi connectivity index (χ3v) is 5.57. The summed E-state index contributed by atoms with van der Waals surface area (Å²) in [6.45, 7) is 3.09. The van der Waals surface area contributed by atoms with Crippen molar-refractivity contribution in [1.29, 1.82) is 0 Å². The molecule has 6 nitrogen and oxygen atoms in total. The Morgan fingerprint density at radius 2 is 2.00 bits per heavy atom. The minimum absolute atomic E-state index is 0.0433. The first-order valence-electron chi connectivity index (χ1n) is 9.04. The number of aromatic amines is 1. The molecule has 1 saturated carbocycles. The number of carbonyl (C=O) groups is 1. The minimum atomic E-state index is -0.203. The molecule has 1 saturated heterocycles. The fourth-order valence-electron chi connectivity index (χ4n) is 4.12. The van der Waals surface area contributed by atoms with E-state index < -0.39 is 0 Å². The van der Waals surface area contributed by atoms with Gasteiger partial charge in [0.2, 0.25) is 0 Å². The van der Waals surface area contributed by atoms with Gasteiger partial charge in [-0.1, -0.05) is 0 Å². The van der Waals surface area contributed by atoms with Crippen molar-refractivity contribution in [3.8, 4) is 5.75 Å². The van der Waals surface area contributed by atoms with Crippen LogP contribution in [0, 0.1) is 0 Å². The summed E-state index contributed by atoms with van der Waals surface area (Å²) in [6, 6.07) is 7.95. The quantitative estimate of drug-likeness (QED) is 0.892. The number of carbonyl (C=O) groups excluding carboxylic acids is 1. The van der Waals surface area contributed by atoms with Gasteiger partial charge < -0.3 is 19.7 Å². The third-order valence-electron chi connectivity index (χ3n) is 5.57. The molecule has 2 heterocycles. The summed E-state index contributed by atoms with van der Waals surface area (Å²) in [5, 5.41) is 11.1. The van der Waals surface area contributed by atoms with Crippen LogP contribution < -0.4 is 4.74 Å². The number of methoxy groups -OCH3 is 1. The summed E-state index contributed by atoms with van der Waals surface area (Å²) < 4.78 is 5.24. The number of aliphatic hydroxyl groups is 1. The van der Waals surface area contributed by atoms with Crippen molar-refractivity contribution in [3.63, 3.8) is 0 Å². The van der Waals surface area contributed by atoms with E-state index in [1.54, 1.807) is 7.11 Å². The van der Waals surface area contributed by atoms with Crippen molar-refractivity contribution >= 4 is 16.8 Å². The van der Waals surface area contributed by atoms with Gasteiger partial charge in [-0.05, 0) is 37.5 Å². The molecule has 0 radical (unpaired) electrons. The molecule has 2 N–H and O–H groups in total. The highest BCUT2D eigenvalue weighted by Crippen LogP contribution is 2.26. The first-order valence-corrected chi connectivity index (χ1v) is 9.04. The summed E-state index contributed by atoms with van der Waals surface area (Å²) in [6.07, 6.45) is 2.87. The van der Waals surface area contributed by atoms with Crippen molar-refractivity contribution in [1.82, 2.24) is 14.8 Å². The first kappa shape index (κ1) is 16.4. The lowest BCUT2D eigenvalue weighted by molar-refractivity contribution is 0.0313. The first-order chi connectivity index (χ1) is 12.2. The smallest absolute Gasteiger partial charge is 0.270 e. The van der Waals surface area contributed by atoms with Gasteiger partial charge in [-0.3, -0.25) is 9.69 Å². The summed E-state index contributed by atoms with van der Waals surface area (Å²) in [5.41, 5.74) is 1.54. The van der Waals surface area contributed by atoms with Crippen LogP contribution in [0.1, 0.15) is 29.8 Å². The fourth-order valence-corrected chi connectivity index (χ4v) is 4.12. The molecule has 25 heavy (non-hydrogen) atoms. The molecule has 1 aliphatic carbocycles. The van der Waals surface area contributed by atoms with Gasteiger partial charge >= 0.3 is 0 Å². The highest BCUT2D eigenvalue weighted by Gasteiger charge is 2.33. The molecular formula is C19H25N3O3. The van der Waals surface area contributed by atoms with Gasteiger partial charge in [-0.2, -0.15) is 0 Å². The van der Waals surface area contributed by atoms with E-state index >= 15 is 0 Å². The SMILES string of the molecule is COc1ccc2cc(C(=O)N3CCN([C@@H]4CCC[C@@H]4O)CC3)[nH]c2c1. The maximum Gasteiger partial charge on any atom is 0.270 e. The van der Waals surface area contributed by atoms with E-state index in [1.807, 2.05) is 29.2 Å². The average Bonchev–Trinajstić information content (AvgIpc) is 3.26. The Kier molecular flexibility index (Phi) is 4.39. The van der Waals surface area contributed by atoms with Crippen molar-refractivity contribution in [3.05, 3.63) is 30.0 Å². The highest BCUT2D eigenvalue weighted by molar-refractivity contribution is 5.98. The number of H-pyrrole nitrogens is 1. The largest absolute Gasteiger partial charge is 0.497 e. The Morgan fingerprint density at radius 1 is 1.20 bits per heavy atom. The van der Waals surface area contributed by atoms with Crippen LogP contribution in [0.5, 0.6) is 5.75 Å². The van der Waals surface area contributed by atoms with Gasteiger partial charge in [0.15, 0.2) is 0 Å². The van der Waals surface area contributed by atoms with E-state index in [2.05, 4.69) is 9.88 Å². The van der Waals surface area contributed by atoms with Crippen molar-refractivity contribution in [2.75, 3.05) is 33.3 Å². The normalized spacial score (nSPS) is 24.8. The summed E-state index contributed by atoms with van der Waals surface area (Å²) in [4.78, 5) is 20.3. The van der Waals surface area contributed by atoms with E-state index in [-0.39, 0.29) is 18.1 Å². The number of aromatic nitrogens is 1. The third kappa shape index (κ3) is 3.12. The number of hydrogen-bond acceptors (Lipinski definition) is 4. The molecular weight excluding hydrogens is 318 g/mol. The molecule has 0 unspecified atom stereocenters. The topological polar surface area (TPSA) is 68.8 Å². The Hall–Kier alpha value is -2.05. The van der Waals surface area contributed by atoms with Gasteiger partial charge in [-0.15, -0.1) is 0 Å². The van der Waals surface area contributed by atoms with Crippen LogP contribution in [0.15, 0.2) is 24.3 Å². The van der Waals surface area contributed by atoms with Gasteiger partial charge in [0.1, 0.15) is 11.4 Å². The van der Waals surface area contributed by atoms with Crippen LogP contribution in [0.4, 0.5) is 0 Å². The second kappa shape index (κ2) is 6.69. The van der Waals surface area contributed by atoms with Gasteiger partial charge in [0, 0.05) is 49.2 Å². The van der Waals surface area contributed by atoms with Crippen LogP contribution >= 0.6 is 0 Å². The van der Waals surface area contributed by atoms with Crippen molar-refractivity contribution in [2.45, 2.75) is 31.4 Å². The Balaban J connectivity index is 1.43. The van der Waals surface area contributed by atoms with Crippen LogP contribution in [-0.4, -0.2) is 71.2 Å². The monoisotopic (exact) mass is 343 g/mol. The van der Waals surface area contributed by atoms with Gasteiger partial charge in [0.25, 0.3) is 5.91 Å². The van der Waals surface area contributed by atoms with Crippen LogP contribution in [0.2, 0.25) is 0 Å². The molecule has 1 aromatic carbocycles. The standard InChI is InChI=1S/C19H25N3O3/c1-25-14-6-5-13-11-16(20-15(13)12-14)19(24)22-9-7-21(8-10-22)17-3-2-4-18(17)23/h5-6,11-12,17-18,20,23H,2-4,7-10H2,1H3/t17-,18+/m1/s1. The van der Waals surface area contributed by atoms with Crippen molar-refractivity contribution < 1.29 is 14.6 Å². The summed E-state index contributed by atoms with van der Waals surface area (Å²) >= 11 is 0. The number of benzene rings is 1. The van der Waals surface area contributed by atoms with Crippen molar-refractivity contribution in [2.24, 2.45) is 0 Å². The number of rotatable bonds is 3. The van der Waals surface area contributed by atoms with E-state index in [1.165, 1.54) is 0 Å². The predicted octanol–water partition coefficient (Wildman–Crippen LogP) is 1.85. The Bertz CT molecular complexity index is 764.